The van der Waals surface area contributed by atoms with Gasteiger partial charge in [0.1, 0.15) is 0 Å². The van der Waals surface area contributed by atoms with Crippen LogP contribution in [0.3, 0.4) is 0 Å². The highest BCUT2D eigenvalue weighted by molar-refractivity contribution is 5.99. The Bertz CT molecular complexity index is 421. The second-order valence-electron chi connectivity index (χ2n) is 4.00. The Morgan fingerprint density at radius 1 is 1.37 bits per heavy atom. The third-order valence-electron chi connectivity index (χ3n) is 2.51. The number of halogens is 3. The van der Waals surface area contributed by atoms with Crippen molar-refractivity contribution in [3.63, 3.8) is 0 Å². The van der Waals surface area contributed by atoms with E-state index in [1.807, 2.05) is 0 Å². The SMILES string of the molecule is CNc1ccncc1C(=O)NCCCCC(F)(F)F. The highest BCUT2D eigenvalue weighted by Crippen LogP contribution is 2.21. The maximum absolute atomic E-state index is 11.9. The van der Waals surface area contributed by atoms with Crippen LogP contribution in [0, 0.1) is 0 Å². The number of hydrogen-bond donors (Lipinski definition) is 2. The molecule has 0 saturated carbocycles. The van der Waals surface area contributed by atoms with Crippen molar-refractivity contribution in [2.75, 3.05) is 18.9 Å². The number of rotatable bonds is 6. The van der Waals surface area contributed by atoms with E-state index in [0.29, 0.717) is 17.7 Å². The topological polar surface area (TPSA) is 54.0 Å². The monoisotopic (exact) mass is 275 g/mol. The quantitative estimate of drug-likeness (QED) is 0.785. The lowest BCUT2D eigenvalue weighted by Gasteiger charge is -2.09. The van der Waals surface area contributed by atoms with Crippen molar-refractivity contribution in [2.45, 2.75) is 25.4 Å². The Morgan fingerprint density at radius 2 is 2.11 bits per heavy atom. The molecule has 0 fully saturated rings. The first-order valence-corrected chi connectivity index (χ1v) is 5.91. The Morgan fingerprint density at radius 3 is 2.74 bits per heavy atom. The molecule has 0 aromatic carbocycles. The molecule has 106 valence electrons. The summed E-state index contributed by atoms with van der Waals surface area (Å²) in [6.07, 6.45) is -1.69. The van der Waals surface area contributed by atoms with Crippen LogP contribution in [-0.4, -0.2) is 30.7 Å². The summed E-state index contributed by atoms with van der Waals surface area (Å²) in [5, 5.41) is 5.42. The van der Waals surface area contributed by atoms with E-state index in [-0.39, 0.29) is 18.9 Å². The van der Waals surface area contributed by atoms with Gasteiger partial charge in [-0.1, -0.05) is 0 Å². The Labute approximate surface area is 109 Å². The summed E-state index contributed by atoms with van der Waals surface area (Å²) in [6.45, 7) is 0.215. The summed E-state index contributed by atoms with van der Waals surface area (Å²) in [5.41, 5.74) is 1.00. The molecule has 2 N–H and O–H groups in total. The van der Waals surface area contributed by atoms with E-state index in [9.17, 15) is 18.0 Å². The number of carbonyl (C=O) groups excluding carboxylic acids is 1. The Kier molecular flexibility index (Phi) is 5.59. The summed E-state index contributed by atoms with van der Waals surface area (Å²) in [6, 6.07) is 1.65. The van der Waals surface area contributed by atoms with Gasteiger partial charge >= 0.3 is 6.18 Å². The zero-order chi connectivity index (χ0) is 14.3. The molecule has 0 unspecified atom stereocenters. The van der Waals surface area contributed by atoms with Crippen LogP contribution in [0.15, 0.2) is 18.5 Å². The Hall–Kier alpha value is -1.79. The van der Waals surface area contributed by atoms with Crippen LogP contribution in [0.5, 0.6) is 0 Å². The van der Waals surface area contributed by atoms with Crippen LogP contribution < -0.4 is 10.6 Å². The minimum atomic E-state index is -4.13. The van der Waals surface area contributed by atoms with Gasteiger partial charge in [0, 0.05) is 38.1 Å². The molecular weight excluding hydrogens is 259 g/mol. The number of nitrogens with zero attached hydrogens (tertiary/aromatic N) is 1. The molecule has 4 nitrogen and oxygen atoms in total. The first-order valence-electron chi connectivity index (χ1n) is 5.91. The number of hydrogen-bond acceptors (Lipinski definition) is 3. The minimum absolute atomic E-state index is 0.00963. The van der Waals surface area contributed by atoms with E-state index in [1.165, 1.54) is 6.20 Å². The number of nitrogens with one attached hydrogen (secondary N) is 2. The van der Waals surface area contributed by atoms with Crippen molar-refractivity contribution in [3.05, 3.63) is 24.0 Å². The smallest absolute Gasteiger partial charge is 0.387 e. The number of amides is 1. The number of anilines is 1. The maximum atomic E-state index is 11.9. The van der Waals surface area contributed by atoms with Crippen molar-refractivity contribution < 1.29 is 18.0 Å². The zero-order valence-corrected chi connectivity index (χ0v) is 10.5. The van der Waals surface area contributed by atoms with Crippen molar-refractivity contribution in [1.82, 2.24) is 10.3 Å². The second kappa shape index (κ2) is 6.96. The number of unbranched alkanes of at least 4 members (excludes halogenated alkanes) is 1. The minimum Gasteiger partial charge on any atom is -0.387 e. The molecule has 0 aliphatic carbocycles. The summed E-state index contributed by atoms with van der Waals surface area (Å²) in [7, 11) is 1.68. The van der Waals surface area contributed by atoms with Crippen LogP contribution in [0.2, 0.25) is 0 Å². The molecule has 0 bridgehead atoms. The van der Waals surface area contributed by atoms with Gasteiger partial charge in [-0.25, -0.2) is 0 Å². The molecule has 1 aromatic heterocycles. The summed E-state index contributed by atoms with van der Waals surface area (Å²) in [4.78, 5) is 15.6. The molecule has 0 atom stereocenters. The van der Waals surface area contributed by atoms with Gasteiger partial charge in [0.2, 0.25) is 0 Å². The van der Waals surface area contributed by atoms with E-state index in [1.54, 1.807) is 19.3 Å². The largest absolute Gasteiger partial charge is 0.389 e. The van der Waals surface area contributed by atoms with Gasteiger partial charge < -0.3 is 10.6 Å². The van der Waals surface area contributed by atoms with E-state index in [4.69, 9.17) is 0 Å². The van der Waals surface area contributed by atoms with Gasteiger partial charge in [-0.2, -0.15) is 13.2 Å². The van der Waals surface area contributed by atoms with E-state index >= 15 is 0 Å². The standard InChI is InChI=1S/C12H16F3N3O/c1-16-10-4-7-17-8-9(10)11(19)18-6-3-2-5-12(13,14)15/h4,7-8H,2-3,5-6H2,1H3,(H,16,17)(H,18,19). The van der Waals surface area contributed by atoms with Crippen molar-refractivity contribution in [1.29, 1.82) is 0 Å². The van der Waals surface area contributed by atoms with E-state index < -0.39 is 12.6 Å². The summed E-state index contributed by atoms with van der Waals surface area (Å²) >= 11 is 0. The number of carbonyl (C=O) groups is 1. The molecule has 19 heavy (non-hydrogen) atoms. The first kappa shape index (κ1) is 15.3. The molecule has 1 heterocycles. The average molecular weight is 275 g/mol. The van der Waals surface area contributed by atoms with Gasteiger partial charge in [0.15, 0.2) is 0 Å². The predicted molar refractivity (Wildman–Crippen MR) is 66.0 cm³/mol. The highest BCUT2D eigenvalue weighted by atomic mass is 19.4. The van der Waals surface area contributed by atoms with Crippen LogP contribution in [0.25, 0.3) is 0 Å². The lowest BCUT2D eigenvalue weighted by atomic mass is 10.2. The molecule has 0 aliphatic rings. The van der Waals surface area contributed by atoms with Gasteiger partial charge in [0.25, 0.3) is 5.91 Å². The van der Waals surface area contributed by atoms with E-state index in [0.717, 1.165) is 0 Å². The van der Waals surface area contributed by atoms with Gasteiger partial charge in [-0.3, -0.25) is 9.78 Å². The van der Waals surface area contributed by atoms with Gasteiger partial charge in [0.05, 0.1) is 5.56 Å². The molecule has 1 amide bonds. The van der Waals surface area contributed by atoms with Crippen LogP contribution in [0.4, 0.5) is 18.9 Å². The van der Waals surface area contributed by atoms with Crippen LogP contribution >= 0.6 is 0 Å². The fraction of sp³-hybridized carbons (Fsp3) is 0.500. The normalized spacial score (nSPS) is 11.2. The molecule has 7 heteroatoms. The van der Waals surface area contributed by atoms with Gasteiger partial charge in [-0.15, -0.1) is 0 Å². The van der Waals surface area contributed by atoms with E-state index in [2.05, 4.69) is 15.6 Å². The van der Waals surface area contributed by atoms with Crippen LogP contribution in [0.1, 0.15) is 29.6 Å². The van der Waals surface area contributed by atoms with Crippen LogP contribution in [-0.2, 0) is 0 Å². The fourth-order valence-electron chi connectivity index (χ4n) is 1.54. The third-order valence-corrected chi connectivity index (χ3v) is 2.51. The molecular formula is C12H16F3N3O. The maximum Gasteiger partial charge on any atom is 0.389 e. The number of aromatic nitrogens is 1. The molecule has 1 rings (SSSR count). The third kappa shape index (κ3) is 5.58. The number of alkyl halides is 3. The lowest BCUT2D eigenvalue weighted by Crippen LogP contribution is -2.25. The van der Waals surface area contributed by atoms with Gasteiger partial charge in [-0.05, 0) is 18.9 Å². The van der Waals surface area contributed by atoms with Crippen molar-refractivity contribution in [3.8, 4) is 0 Å². The summed E-state index contributed by atoms with van der Waals surface area (Å²) < 4.78 is 35.7. The Balaban J connectivity index is 2.35. The average Bonchev–Trinajstić information content (AvgIpc) is 2.36. The molecule has 0 spiro atoms. The molecule has 1 aromatic rings. The zero-order valence-electron chi connectivity index (χ0n) is 10.5. The van der Waals surface area contributed by atoms with Crippen molar-refractivity contribution in [2.24, 2.45) is 0 Å². The molecule has 0 saturated heterocycles. The number of pyridine rings is 1. The summed E-state index contributed by atoms with van der Waals surface area (Å²) in [5.74, 6) is -0.343. The lowest BCUT2D eigenvalue weighted by molar-refractivity contribution is -0.135. The molecule has 0 radical (unpaired) electrons. The highest BCUT2D eigenvalue weighted by Gasteiger charge is 2.25. The fourth-order valence-corrected chi connectivity index (χ4v) is 1.54. The van der Waals surface area contributed by atoms with Crippen molar-refractivity contribution >= 4 is 11.6 Å². The predicted octanol–water partition coefficient (Wildman–Crippen LogP) is 2.59. The first-order chi connectivity index (χ1) is 8.94. The second-order valence-corrected chi connectivity index (χ2v) is 4.00. The molecule has 0 aliphatic heterocycles.